The van der Waals surface area contributed by atoms with Crippen molar-refractivity contribution in [1.29, 1.82) is 0 Å². The summed E-state index contributed by atoms with van der Waals surface area (Å²) in [4.78, 5) is 2.39. The van der Waals surface area contributed by atoms with Gasteiger partial charge >= 0.3 is 0 Å². The van der Waals surface area contributed by atoms with Crippen LogP contribution in [0.4, 0.5) is 0 Å². The topological polar surface area (TPSA) is 38.5 Å². The van der Waals surface area contributed by atoms with E-state index in [1.807, 2.05) is 0 Å². The van der Waals surface area contributed by atoms with Crippen molar-refractivity contribution in [2.75, 3.05) is 26.8 Å². The van der Waals surface area contributed by atoms with Crippen LogP contribution in [0.3, 0.4) is 0 Å². The number of ether oxygens (including phenoxy) is 1. The Kier molecular flexibility index (Phi) is 4.63. The van der Waals surface area contributed by atoms with Crippen LogP contribution in [0, 0.1) is 5.92 Å². The van der Waals surface area contributed by atoms with Gasteiger partial charge in [-0.05, 0) is 49.3 Å². The Morgan fingerprint density at radius 2 is 1.95 bits per heavy atom. The van der Waals surface area contributed by atoms with Gasteiger partial charge in [-0.3, -0.25) is 4.90 Å². The minimum absolute atomic E-state index is 0.117. The van der Waals surface area contributed by atoms with Gasteiger partial charge in [0.1, 0.15) is 0 Å². The molecule has 0 radical (unpaired) electrons. The van der Waals surface area contributed by atoms with Crippen LogP contribution in [0.5, 0.6) is 0 Å². The van der Waals surface area contributed by atoms with Crippen LogP contribution in [0.1, 0.15) is 49.3 Å². The summed E-state index contributed by atoms with van der Waals surface area (Å²) in [5.74, 6) is 1.43. The molecular formula is C18H28N2O. The molecule has 3 rings (SSSR count). The van der Waals surface area contributed by atoms with Crippen LogP contribution in [0.15, 0.2) is 24.3 Å². The molecule has 3 nitrogen and oxygen atoms in total. The van der Waals surface area contributed by atoms with Crippen LogP contribution in [0.2, 0.25) is 0 Å². The van der Waals surface area contributed by atoms with Gasteiger partial charge in [0, 0.05) is 25.2 Å². The van der Waals surface area contributed by atoms with Crippen molar-refractivity contribution in [3.05, 3.63) is 35.4 Å². The maximum atomic E-state index is 6.53. The maximum Gasteiger partial charge on any atom is 0.0593 e. The minimum Gasteiger partial charge on any atom is -0.380 e. The summed E-state index contributed by atoms with van der Waals surface area (Å²) in [6.45, 7) is 5.06. The summed E-state index contributed by atoms with van der Waals surface area (Å²) in [5, 5.41) is 0. The molecule has 2 aliphatic carbocycles. The van der Waals surface area contributed by atoms with Crippen molar-refractivity contribution >= 4 is 0 Å². The van der Waals surface area contributed by atoms with Crippen molar-refractivity contribution in [3.63, 3.8) is 0 Å². The van der Waals surface area contributed by atoms with E-state index in [0.29, 0.717) is 12.0 Å². The number of rotatable bonds is 6. The second kappa shape index (κ2) is 6.47. The van der Waals surface area contributed by atoms with Crippen molar-refractivity contribution in [2.45, 2.75) is 44.2 Å². The molecule has 3 unspecified atom stereocenters. The monoisotopic (exact) mass is 288 g/mol. The van der Waals surface area contributed by atoms with Gasteiger partial charge in [-0.1, -0.05) is 31.2 Å². The van der Waals surface area contributed by atoms with Gasteiger partial charge < -0.3 is 10.5 Å². The zero-order valence-corrected chi connectivity index (χ0v) is 13.3. The third-order valence-electron chi connectivity index (χ3n) is 5.10. The van der Waals surface area contributed by atoms with E-state index in [2.05, 4.69) is 43.1 Å². The lowest BCUT2D eigenvalue weighted by Crippen LogP contribution is -2.45. The van der Waals surface area contributed by atoms with Gasteiger partial charge in [0.25, 0.3) is 0 Å². The first-order valence-corrected chi connectivity index (χ1v) is 8.29. The first kappa shape index (κ1) is 15.0. The molecule has 0 bridgehead atoms. The van der Waals surface area contributed by atoms with E-state index in [-0.39, 0.29) is 6.04 Å². The summed E-state index contributed by atoms with van der Waals surface area (Å²) < 4.78 is 5.77. The van der Waals surface area contributed by atoms with Crippen LogP contribution in [0.25, 0.3) is 0 Å². The molecule has 2 N–H and O–H groups in total. The Bertz CT molecular complexity index is 472. The largest absolute Gasteiger partial charge is 0.380 e. The number of likely N-dealkylation sites (N-methyl/N-ethyl adjacent to an activating group) is 1. The number of benzene rings is 1. The lowest BCUT2D eigenvalue weighted by atomic mass is 9.78. The molecule has 2 aliphatic rings. The van der Waals surface area contributed by atoms with Crippen LogP contribution >= 0.6 is 0 Å². The van der Waals surface area contributed by atoms with E-state index in [1.165, 1.54) is 24.0 Å². The Morgan fingerprint density at radius 1 is 1.24 bits per heavy atom. The summed E-state index contributed by atoms with van der Waals surface area (Å²) >= 11 is 0. The van der Waals surface area contributed by atoms with E-state index < -0.39 is 0 Å². The van der Waals surface area contributed by atoms with E-state index in [4.69, 9.17) is 10.5 Å². The molecule has 3 atom stereocenters. The fourth-order valence-electron chi connectivity index (χ4n) is 3.47. The van der Waals surface area contributed by atoms with E-state index >= 15 is 0 Å². The molecule has 1 aromatic carbocycles. The van der Waals surface area contributed by atoms with Gasteiger partial charge in [-0.25, -0.2) is 0 Å². The van der Waals surface area contributed by atoms with Gasteiger partial charge in [0.05, 0.1) is 6.61 Å². The third kappa shape index (κ3) is 3.47. The fraction of sp³-hybridized carbons (Fsp3) is 0.667. The lowest BCUT2D eigenvalue weighted by molar-refractivity contribution is 0.0813. The Labute approximate surface area is 128 Å². The fourth-order valence-corrected chi connectivity index (χ4v) is 3.47. The molecule has 21 heavy (non-hydrogen) atoms. The molecular weight excluding hydrogens is 260 g/mol. The van der Waals surface area contributed by atoms with Crippen molar-refractivity contribution in [2.24, 2.45) is 11.7 Å². The van der Waals surface area contributed by atoms with E-state index in [1.54, 1.807) is 0 Å². The summed E-state index contributed by atoms with van der Waals surface area (Å²) in [5.41, 5.74) is 9.29. The number of fused-ring (bicyclic) bond motifs is 1. The number of nitrogens with two attached hydrogens (primary N) is 1. The molecule has 1 aromatic rings. The van der Waals surface area contributed by atoms with Gasteiger partial charge in [0.2, 0.25) is 0 Å². The predicted molar refractivity (Wildman–Crippen MR) is 86.4 cm³/mol. The zero-order chi connectivity index (χ0) is 14.8. The smallest absolute Gasteiger partial charge is 0.0593 e. The average Bonchev–Trinajstić information content (AvgIpc) is 3.31. The van der Waals surface area contributed by atoms with Crippen molar-refractivity contribution in [3.8, 4) is 0 Å². The molecule has 1 fully saturated rings. The number of nitrogens with zero attached hydrogens (tertiary/aromatic N) is 1. The predicted octanol–water partition coefficient (Wildman–Crippen LogP) is 2.92. The molecule has 116 valence electrons. The Balaban J connectivity index is 1.57. The Hall–Kier alpha value is -0.900. The first-order valence-electron chi connectivity index (χ1n) is 8.29. The molecule has 0 amide bonds. The highest BCUT2D eigenvalue weighted by Gasteiger charge is 2.32. The molecule has 0 aliphatic heterocycles. The standard InChI is InChI=1S/C18H28N2O/c1-13-11-17(18(19)16-6-4-3-5-15(13)16)20(2)9-10-21-12-14-7-8-14/h3-6,13-14,17-18H,7-12,19H2,1-2H3. The van der Waals surface area contributed by atoms with Crippen LogP contribution in [-0.2, 0) is 4.74 Å². The highest BCUT2D eigenvalue weighted by Crippen LogP contribution is 2.38. The van der Waals surface area contributed by atoms with Gasteiger partial charge in [-0.15, -0.1) is 0 Å². The second-order valence-electron chi connectivity index (χ2n) is 6.86. The summed E-state index contributed by atoms with van der Waals surface area (Å²) in [6.07, 6.45) is 3.85. The van der Waals surface area contributed by atoms with E-state index in [9.17, 15) is 0 Å². The summed E-state index contributed by atoms with van der Waals surface area (Å²) in [6, 6.07) is 9.18. The molecule has 0 spiro atoms. The normalized spacial score (nSPS) is 28.7. The van der Waals surface area contributed by atoms with Crippen LogP contribution < -0.4 is 5.73 Å². The molecule has 0 aromatic heterocycles. The molecule has 3 heteroatoms. The van der Waals surface area contributed by atoms with Crippen molar-refractivity contribution in [1.82, 2.24) is 4.90 Å². The molecule has 1 saturated carbocycles. The third-order valence-corrected chi connectivity index (χ3v) is 5.10. The highest BCUT2D eigenvalue weighted by molar-refractivity contribution is 5.36. The zero-order valence-electron chi connectivity index (χ0n) is 13.3. The second-order valence-corrected chi connectivity index (χ2v) is 6.86. The van der Waals surface area contributed by atoms with Crippen LogP contribution in [-0.4, -0.2) is 37.7 Å². The first-order chi connectivity index (χ1) is 10.2. The Morgan fingerprint density at radius 3 is 2.67 bits per heavy atom. The van der Waals surface area contributed by atoms with Crippen molar-refractivity contribution < 1.29 is 4.74 Å². The van der Waals surface area contributed by atoms with Gasteiger partial charge in [0.15, 0.2) is 0 Å². The lowest BCUT2D eigenvalue weighted by Gasteiger charge is -2.40. The van der Waals surface area contributed by atoms with E-state index in [0.717, 1.165) is 32.1 Å². The van der Waals surface area contributed by atoms with Gasteiger partial charge in [-0.2, -0.15) is 0 Å². The number of hydrogen-bond donors (Lipinski definition) is 1. The minimum atomic E-state index is 0.117. The SMILES string of the molecule is CC1CC(N(C)CCOCC2CC2)C(N)c2ccccc21. The molecule has 0 heterocycles. The quantitative estimate of drug-likeness (QED) is 0.818. The maximum absolute atomic E-state index is 6.53. The average molecular weight is 288 g/mol. The highest BCUT2D eigenvalue weighted by atomic mass is 16.5. The molecule has 0 saturated heterocycles. The number of hydrogen-bond acceptors (Lipinski definition) is 3. The summed E-state index contributed by atoms with van der Waals surface area (Å²) in [7, 11) is 2.19.